The second kappa shape index (κ2) is 7.39. The second-order valence-corrected chi connectivity index (χ2v) is 6.35. The molecule has 2 aromatic carbocycles. The van der Waals surface area contributed by atoms with Gasteiger partial charge in [-0.25, -0.2) is 0 Å². The molecule has 1 saturated heterocycles. The smallest absolute Gasteiger partial charge is 0.262 e. The van der Waals surface area contributed by atoms with Gasteiger partial charge in [0, 0.05) is 24.5 Å². The van der Waals surface area contributed by atoms with Gasteiger partial charge in [-0.2, -0.15) is 0 Å². The van der Waals surface area contributed by atoms with E-state index in [1.807, 2.05) is 44.2 Å². The lowest BCUT2D eigenvalue weighted by molar-refractivity contribution is -0.118. The zero-order valence-corrected chi connectivity index (χ0v) is 14.3. The molecule has 0 spiro atoms. The molecule has 0 bridgehead atoms. The predicted molar refractivity (Wildman–Crippen MR) is 97.9 cm³/mol. The van der Waals surface area contributed by atoms with E-state index in [1.54, 1.807) is 0 Å². The maximum Gasteiger partial charge on any atom is 0.262 e. The van der Waals surface area contributed by atoms with Crippen LogP contribution in [-0.2, 0) is 4.79 Å². The Balaban J connectivity index is 1.57. The Morgan fingerprint density at radius 2 is 1.92 bits per heavy atom. The lowest BCUT2D eigenvalue weighted by Crippen LogP contribution is -2.21. The molecule has 3 rings (SSSR count). The number of hydrogen-bond acceptors (Lipinski definition) is 3. The van der Waals surface area contributed by atoms with E-state index in [9.17, 15) is 4.79 Å². The first-order chi connectivity index (χ1) is 11.6. The lowest BCUT2D eigenvalue weighted by atomic mass is 10.1. The highest BCUT2D eigenvalue weighted by Gasteiger charge is 2.13. The summed E-state index contributed by atoms with van der Waals surface area (Å²) < 4.78 is 5.55. The zero-order chi connectivity index (χ0) is 16.9. The number of anilines is 2. The lowest BCUT2D eigenvalue weighted by Gasteiger charge is -2.19. The number of carbonyl (C=O) groups is 1. The van der Waals surface area contributed by atoms with Crippen molar-refractivity contribution in [2.24, 2.45) is 0 Å². The standard InChI is InChI=1S/C20H24N2O2/c1-15-6-5-7-18(12-15)24-14-20(23)21-19-9-8-17(13-16(19)2)22-10-3-4-11-22/h5-9,12-13H,3-4,10-11,14H2,1-2H3,(H,21,23). The highest BCUT2D eigenvalue weighted by Crippen LogP contribution is 2.25. The molecule has 1 aliphatic heterocycles. The Hall–Kier alpha value is -2.49. The van der Waals surface area contributed by atoms with Gasteiger partial charge in [0.25, 0.3) is 5.91 Å². The van der Waals surface area contributed by atoms with Crippen LogP contribution in [0.4, 0.5) is 11.4 Å². The molecule has 0 atom stereocenters. The third-order valence-corrected chi connectivity index (χ3v) is 4.31. The van der Waals surface area contributed by atoms with E-state index in [0.717, 1.165) is 29.9 Å². The normalized spacial score (nSPS) is 13.8. The highest BCUT2D eigenvalue weighted by molar-refractivity contribution is 5.92. The molecule has 4 heteroatoms. The molecular formula is C20H24N2O2. The minimum Gasteiger partial charge on any atom is -0.484 e. The molecule has 0 radical (unpaired) electrons. The maximum atomic E-state index is 12.1. The van der Waals surface area contributed by atoms with Gasteiger partial charge >= 0.3 is 0 Å². The number of carbonyl (C=O) groups excluding carboxylic acids is 1. The van der Waals surface area contributed by atoms with Gasteiger partial charge in [0.2, 0.25) is 0 Å². The summed E-state index contributed by atoms with van der Waals surface area (Å²) in [4.78, 5) is 14.5. The van der Waals surface area contributed by atoms with E-state index in [0.29, 0.717) is 5.75 Å². The topological polar surface area (TPSA) is 41.6 Å². The molecule has 1 amide bonds. The molecule has 1 fully saturated rings. The Labute approximate surface area is 143 Å². The van der Waals surface area contributed by atoms with Gasteiger partial charge in [-0.3, -0.25) is 4.79 Å². The number of hydrogen-bond donors (Lipinski definition) is 1. The van der Waals surface area contributed by atoms with Gasteiger partial charge in [0.1, 0.15) is 5.75 Å². The number of nitrogens with zero attached hydrogens (tertiary/aromatic N) is 1. The van der Waals surface area contributed by atoms with Crippen LogP contribution in [0.5, 0.6) is 5.75 Å². The van der Waals surface area contributed by atoms with Crippen LogP contribution in [0.15, 0.2) is 42.5 Å². The molecular weight excluding hydrogens is 300 g/mol. The number of aryl methyl sites for hydroxylation is 2. The minimum absolute atomic E-state index is 0.0107. The van der Waals surface area contributed by atoms with Crippen molar-refractivity contribution in [3.05, 3.63) is 53.6 Å². The van der Waals surface area contributed by atoms with Crippen LogP contribution < -0.4 is 15.0 Å². The maximum absolute atomic E-state index is 12.1. The average molecular weight is 324 g/mol. The fourth-order valence-electron chi connectivity index (χ4n) is 3.00. The molecule has 1 N–H and O–H groups in total. The number of amides is 1. The van der Waals surface area contributed by atoms with Gasteiger partial charge in [-0.05, 0) is 68.1 Å². The van der Waals surface area contributed by atoms with Crippen molar-refractivity contribution in [3.8, 4) is 5.75 Å². The average Bonchev–Trinajstić information content (AvgIpc) is 3.09. The van der Waals surface area contributed by atoms with Crippen molar-refractivity contribution in [2.75, 3.05) is 29.9 Å². The van der Waals surface area contributed by atoms with Gasteiger partial charge < -0.3 is 15.0 Å². The van der Waals surface area contributed by atoms with Gasteiger partial charge in [0.05, 0.1) is 0 Å². The second-order valence-electron chi connectivity index (χ2n) is 6.35. The fraction of sp³-hybridized carbons (Fsp3) is 0.350. The molecule has 0 aliphatic carbocycles. The molecule has 2 aromatic rings. The number of nitrogens with one attached hydrogen (secondary N) is 1. The Morgan fingerprint density at radius 3 is 2.62 bits per heavy atom. The van der Waals surface area contributed by atoms with Crippen molar-refractivity contribution >= 4 is 17.3 Å². The van der Waals surface area contributed by atoms with Crippen LogP contribution in [0, 0.1) is 13.8 Å². The van der Waals surface area contributed by atoms with Gasteiger partial charge in [-0.15, -0.1) is 0 Å². The van der Waals surface area contributed by atoms with Crippen LogP contribution in [0.1, 0.15) is 24.0 Å². The Kier molecular flexibility index (Phi) is 5.04. The summed E-state index contributed by atoms with van der Waals surface area (Å²) >= 11 is 0. The van der Waals surface area contributed by atoms with Crippen LogP contribution >= 0.6 is 0 Å². The van der Waals surface area contributed by atoms with Crippen LogP contribution in [0.3, 0.4) is 0 Å². The molecule has 0 unspecified atom stereocenters. The van der Waals surface area contributed by atoms with Gasteiger partial charge in [0.15, 0.2) is 6.61 Å². The first-order valence-corrected chi connectivity index (χ1v) is 8.47. The van der Waals surface area contributed by atoms with E-state index >= 15 is 0 Å². The summed E-state index contributed by atoms with van der Waals surface area (Å²) in [5, 5.41) is 2.93. The first-order valence-electron chi connectivity index (χ1n) is 8.47. The molecule has 0 aromatic heterocycles. The van der Waals surface area contributed by atoms with Crippen molar-refractivity contribution in [3.63, 3.8) is 0 Å². The summed E-state index contributed by atoms with van der Waals surface area (Å²) in [6, 6.07) is 13.9. The third kappa shape index (κ3) is 4.07. The Morgan fingerprint density at radius 1 is 1.12 bits per heavy atom. The molecule has 4 nitrogen and oxygen atoms in total. The summed E-state index contributed by atoms with van der Waals surface area (Å²) in [5.74, 6) is 0.569. The SMILES string of the molecule is Cc1cccc(OCC(=O)Nc2ccc(N3CCCC3)cc2C)c1. The molecule has 0 saturated carbocycles. The largest absolute Gasteiger partial charge is 0.484 e. The molecule has 1 heterocycles. The fourth-order valence-corrected chi connectivity index (χ4v) is 3.00. The van der Waals surface area contributed by atoms with Gasteiger partial charge in [-0.1, -0.05) is 12.1 Å². The number of ether oxygens (including phenoxy) is 1. The summed E-state index contributed by atoms with van der Waals surface area (Å²) in [5.41, 5.74) is 4.26. The van der Waals surface area contributed by atoms with Crippen molar-refractivity contribution < 1.29 is 9.53 Å². The van der Waals surface area contributed by atoms with E-state index in [2.05, 4.69) is 22.3 Å². The van der Waals surface area contributed by atoms with Crippen molar-refractivity contribution in [2.45, 2.75) is 26.7 Å². The quantitative estimate of drug-likeness (QED) is 0.906. The zero-order valence-electron chi connectivity index (χ0n) is 14.3. The van der Waals surface area contributed by atoms with Crippen LogP contribution in [0.25, 0.3) is 0 Å². The highest BCUT2D eigenvalue weighted by atomic mass is 16.5. The van der Waals surface area contributed by atoms with Crippen LogP contribution in [-0.4, -0.2) is 25.6 Å². The first kappa shape index (κ1) is 16.4. The third-order valence-electron chi connectivity index (χ3n) is 4.31. The molecule has 126 valence electrons. The monoisotopic (exact) mass is 324 g/mol. The van der Waals surface area contributed by atoms with Crippen LogP contribution in [0.2, 0.25) is 0 Å². The molecule has 1 aliphatic rings. The van der Waals surface area contributed by atoms with E-state index < -0.39 is 0 Å². The minimum atomic E-state index is -0.145. The number of rotatable bonds is 5. The number of benzene rings is 2. The van der Waals surface area contributed by atoms with E-state index in [1.165, 1.54) is 18.5 Å². The van der Waals surface area contributed by atoms with Crippen molar-refractivity contribution in [1.82, 2.24) is 0 Å². The molecule has 24 heavy (non-hydrogen) atoms. The predicted octanol–water partition coefficient (Wildman–Crippen LogP) is 3.92. The van der Waals surface area contributed by atoms with E-state index in [-0.39, 0.29) is 12.5 Å². The Bertz CT molecular complexity index is 721. The van der Waals surface area contributed by atoms with Crippen molar-refractivity contribution in [1.29, 1.82) is 0 Å². The summed E-state index contributed by atoms with van der Waals surface area (Å²) in [6.07, 6.45) is 2.52. The van der Waals surface area contributed by atoms with E-state index in [4.69, 9.17) is 4.74 Å². The summed E-state index contributed by atoms with van der Waals surface area (Å²) in [6.45, 7) is 6.27. The summed E-state index contributed by atoms with van der Waals surface area (Å²) in [7, 11) is 0.